The van der Waals surface area contributed by atoms with Crippen LogP contribution in [0.5, 0.6) is 0 Å². The van der Waals surface area contributed by atoms with Crippen LogP contribution < -0.4 is 9.62 Å². The summed E-state index contributed by atoms with van der Waals surface area (Å²) in [6, 6.07) is 11.3. The second kappa shape index (κ2) is 8.48. The fourth-order valence-corrected chi connectivity index (χ4v) is 6.84. The average Bonchev–Trinajstić information content (AvgIpc) is 3.40. The van der Waals surface area contributed by atoms with Gasteiger partial charge in [-0.3, -0.25) is 14.4 Å². The molecule has 2 aromatic carbocycles. The average molecular weight is 508 g/mol. The number of nitrogens with one attached hydrogen (secondary N) is 1. The lowest BCUT2D eigenvalue weighted by molar-refractivity contribution is 0.102. The third-order valence-corrected chi connectivity index (χ3v) is 9.91. The molecule has 1 aliphatic heterocycles. The van der Waals surface area contributed by atoms with Crippen molar-refractivity contribution in [2.45, 2.75) is 22.6 Å². The van der Waals surface area contributed by atoms with E-state index in [0.717, 1.165) is 21.2 Å². The van der Waals surface area contributed by atoms with Gasteiger partial charge in [-0.1, -0.05) is 29.0 Å². The summed E-state index contributed by atoms with van der Waals surface area (Å²) in [5, 5.41) is 10.2. The summed E-state index contributed by atoms with van der Waals surface area (Å²) in [5.41, 5.74) is 2.34. The maximum absolute atomic E-state index is 13.2. The highest BCUT2D eigenvalue weighted by molar-refractivity contribution is 7.94. The van der Waals surface area contributed by atoms with Gasteiger partial charge >= 0.3 is 0 Å². The van der Waals surface area contributed by atoms with Crippen LogP contribution in [0.25, 0.3) is 0 Å². The van der Waals surface area contributed by atoms with Crippen LogP contribution in [0.4, 0.5) is 10.8 Å². The zero-order valence-corrected chi connectivity index (χ0v) is 20.5. The summed E-state index contributed by atoms with van der Waals surface area (Å²) in [6.07, 6.45) is 0.362. The Bertz CT molecular complexity index is 1450. The van der Waals surface area contributed by atoms with Crippen molar-refractivity contribution in [3.63, 3.8) is 0 Å². The fraction of sp³-hybridized carbons (Fsp3) is 0.250. The molecule has 10 nitrogen and oxygen atoms in total. The number of hydrogen-bond acceptors (Lipinski definition) is 8. The van der Waals surface area contributed by atoms with Crippen molar-refractivity contribution in [1.82, 2.24) is 14.5 Å². The van der Waals surface area contributed by atoms with Crippen molar-refractivity contribution in [2.24, 2.45) is 0 Å². The molecule has 1 aliphatic rings. The lowest BCUT2D eigenvalue weighted by Crippen LogP contribution is -2.29. The number of rotatable bonds is 6. The van der Waals surface area contributed by atoms with Crippen LogP contribution in [0.3, 0.4) is 0 Å². The van der Waals surface area contributed by atoms with Crippen LogP contribution in [0.2, 0.25) is 0 Å². The number of hydrogen-bond donors (Lipinski definition) is 1. The molecule has 0 radical (unpaired) electrons. The molecule has 13 heteroatoms. The van der Waals surface area contributed by atoms with E-state index in [2.05, 4.69) is 15.5 Å². The Hall–Kier alpha value is -2.87. The van der Waals surface area contributed by atoms with E-state index >= 15 is 0 Å². The van der Waals surface area contributed by atoms with Crippen molar-refractivity contribution in [3.05, 3.63) is 59.2 Å². The second-order valence-corrected chi connectivity index (χ2v) is 12.8. The van der Waals surface area contributed by atoms with Gasteiger partial charge in [0.05, 0.1) is 10.6 Å². The highest BCUT2D eigenvalue weighted by Crippen LogP contribution is 2.36. The minimum atomic E-state index is -4.04. The number of carbonyl (C=O) groups is 1. The van der Waals surface area contributed by atoms with E-state index in [0.29, 0.717) is 23.2 Å². The van der Waals surface area contributed by atoms with E-state index in [-0.39, 0.29) is 20.9 Å². The van der Waals surface area contributed by atoms with Crippen LogP contribution >= 0.6 is 11.3 Å². The SMILES string of the molecule is Cc1cccc(C(=O)Nc2nnc(S(=O)(=O)N3CCc4cc(S(=O)(=O)N(C)C)ccc43)s2)c1. The van der Waals surface area contributed by atoms with Gasteiger partial charge in [0.2, 0.25) is 15.2 Å². The van der Waals surface area contributed by atoms with Gasteiger partial charge in [0.15, 0.2) is 0 Å². The van der Waals surface area contributed by atoms with Crippen LogP contribution in [0.15, 0.2) is 51.7 Å². The van der Waals surface area contributed by atoms with Crippen LogP contribution in [-0.2, 0) is 26.5 Å². The molecule has 2 heterocycles. The molecule has 33 heavy (non-hydrogen) atoms. The van der Waals surface area contributed by atoms with E-state index in [4.69, 9.17) is 0 Å². The van der Waals surface area contributed by atoms with Gasteiger partial charge in [-0.15, -0.1) is 10.2 Å². The molecular weight excluding hydrogens is 486 g/mol. The molecule has 0 saturated carbocycles. The summed E-state index contributed by atoms with van der Waals surface area (Å²) in [7, 11) is -4.80. The molecule has 174 valence electrons. The topological polar surface area (TPSA) is 130 Å². The number of fused-ring (bicyclic) bond motifs is 1. The zero-order chi connectivity index (χ0) is 24.0. The summed E-state index contributed by atoms with van der Waals surface area (Å²) in [4.78, 5) is 12.5. The predicted octanol–water partition coefficient (Wildman–Crippen LogP) is 2.10. The number of aryl methyl sites for hydroxylation is 1. The number of carbonyl (C=O) groups excluding carboxylic acids is 1. The molecule has 0 saturated heterocycles. The number of benzene rings is 2. The van der Waals surface area contributed by atoms with E-state index in [1.54, 1.807) is 18.2 Å². The Morgan fingerprint density at radius 2 is 1.85 bits per heavy atom. The minimum absolute atomic E-state index is 0.0620. The maximum Gasteiger partial charge on any atom is 0.293 e. The first-order valence-electron chi connectivity index (χ1n) is 9.80. The van der Waals surface area contributed by atoms with Gasteiger partial charge in [-0.25, -0.2) is 12.7 Å². The third-order valence-electron chi connectivity index (χ3n) is 5.10. The van der Waals surface area contributed by atoms with Crippen molar-refractivity contribution >= 4 is 48.1 Å². The Morgan fingerprint density at radius 1 is 1.09 bits per heavy atom. The molecule has 0 fully saturated rings. The fourth-order valence-electron chi connectivity index (χ4n) is 3.38. The largest absolute Gasteiger partial charge is 0.296 e. The smallest absolute Gasteiger partial charge is 0.293 e. The molecule has 4 rings (SSSR count). The van der Waals surface area contributed by atoms with Gasteiger partial charge in [-0.2, -0.15) is 8.42 Å². The Morgan fingerprint density at radius 3 is 2.55 bits per heavy atom. The first-order valence-corrected chi connectivity index (χ1v) is 13.5. The van der Waals surface area contributed by atoms with Crippen LogP contribution in [0, 0.1) is 6.92 Å². The van der Waals surface area contributed by atoms with Crippen LogP contribution in [0.1, 0.15) is 21.5 Å². The first-order chi connectivity index (χ1) is 15.5. The molecular formula is C20H21N5O5S3. The van der Waals surface area contributed by atoms with Crippen molar-refractivity contribution in [3.8, 4) is 0 Å². The summed E-state index contributed by atoms with van der Waals surface area (Å²) < 4.78 is 53.2. The number of nitrogens with zero attached hydrogens (tertiary/aromatic N) is 4. The Labute approximate surface area is 196 Å². The lowest BCUT2D eigenvalue weighted by Gasteiger charge is -2.18. The Kier molecular flexibility index (Phi) is 5.99. The number of anilines is 2. The van der Waals surface area contributed by atoms with Gasteiger partial charge in [0, 0.05) is 26.2 Å². The first kappa shape index (κ1) is 23.3. The summed E-state index contributed by atoms with van der Waals surface area (Å²) in [6.45, 7) is 2.01. The van der Waals surface area contributed by atoms with Crippen molar-refractivity contribution in [2.75, 3.05) is 30.3 Å². The summed E-state index contributed by atoms with van der Waals surface area (Å²) >= 11 is 0.754. The standard InChI is InChI=1S/C20H21N5O5S3/c1-13-5-4-6-15(11-13)18(26)21-19-22-23-20(31-19)33(29,30)25-10-9-14-12-16(7-8-17(14)25)32(27,28)24(2)3/h4-8,11-12H,9-10H2,1-3H3,(H,21,22,26). The predicted molar refractivity (Wildman–Crippen MR) is 125 cm³/mol. The van der Waals surface area contributed by atoms with Crippen molar-refractivity contribution < 1.29 is 21.6 Å². The molecule has 0 spiro atoms. The van der Waals surface area contributed by atoms with Gasteiger partial charge < -0.3 is 0 Å². The number of sulfonamides is 2. The van der Waals surface area contributed by atoms with E-state index in [1.807, 2.05) is 13.0 Å². The van der Waals surface area contributed by atoms with Crippen molar-refractivity contribution in [1.29, 1.82) is 0 Å². The molecule has 1 aromatic heterocycles. The molecule has 1 N–H and O–H groups in total. The zero-order valence-electron chi connectivity index (χ0n) is 18.0. The molecule has 0 atom stereocenters. The molecule has 0 aliphatic carbocycles. The maximum atomic E-state index is 13.2. The van der Waals surface area contributed by atoms with Gasteiger partial charge in [-0.05, 0) is 49.2 Å². The van der Waals surface area contributed by atoms with Gasteiger partial charge in [0.25, 0.3) is 20.3 Å². The monoisotopic (exact) mass is 507 g/mol. The van der Waals surface area contributed by atoms with Gasteiger partial charge in [0.1, 0.15) is 0 Å². The molecule has 3 aromatic rings. The Balaban J connectivity index is 1.57. The quantitative estimate of drug-likeness (QED) is 0.506. The van der Waals surface area contributed by atoms with E-state index in [9.17, 15) is 21.6 Å². The lowest BCUT2D eigenvalue weighted by atomic mass is 10.1. The normalized spacial score (nSPS) is 13.9. The molecule has 0 unspecified atom stereocenters. The molecule has 0 bridgehead atoms. The third kappa shape index (κ3) is 4.36. The minimum Gasteiger partial charge on any atom is -0.296 e. The van der Waals surface area contributed by atoms with Crippen LogP contribution in [-0.4, -0.2) is 57.9 Å². The number of aromatic nitrogens is 2. The molecule has 1 amide bonds. The highest BCUT2D eigenvalue weighted by atomic mass is 32.2. The highest BCUT2D eigenvalue weighted by Gasteiger charge is 2.35. The second-order valence-electron chi connectivity index (χ2n) is 7.60. The van der Waals surface area contributed by atoms with E-state index < -0.39 is 26.0 Å². The number of amides is 1. The summed E-state index contributed by atoms with van der Waals surface area (Å²) in [5.74, 6) is -0.417. The van der Waals surface area contributed by atoms with E-state index in [1.165, 1.54) is 36.6 Å².